The van der Waals surface area contributed by atoms with Crippen LogP contribution in [0.25, 0.3) is 0 Å². The number of aromatic nitrogens is 1. The van der Waals surface area contributed by atoms with Crippen LogP contribution in [-0.4, -0.2) is 58.3 Å². The summed E-state index contributed by atoms with van der Waals surface area (Å²) >= 11 is 0. The molecule has 1 aliphatic heterocycles. The van der Waals surface area contributed by atoms with E-state index in [-0.39, 0.29) is 18.4 Å². The Morgan fingerprint density at radius 3 is 2.45 bits per heavy atom. The second-order valence-electron chi connectivity index (χ2n) is 7.74. The number of piperidine rings is 1. The van der Waals surface area contributed by atoms with Crippen molar-refractivity contribution in [2.45, 2.75) is 24.9 Å². The highest BCUT2D eigenvalue weighted by atomic mass is 16.2. The molecule has 3 rings (SSSR count). The smallest absolute Gasteiger partial charge is 0.256 e. The van der Waals surface area contributed by atoms with Crippen molar-refractivity contribution in [1.29, 1.82) is 0 Å². The molecule has 2 heterocycles. The molecule has 1 N–H and O–H groups in total. The van der Waals surface area contributed by atoms with Gasteiger partial charge in [-0.3, -0.25) is 19.5 Å². The molecule has 0 spiro atoms. The van der Waals surface area contributed by atoms with Gasteiger partial charge in [-0.1, -0.05) is 42.5 Å². The van der Waals surface area contributed by atoms with Crippen LogP contribution in [-0.2, 0) is 11.3 Å². The van der Waals surface area contributed by atoms with Gasteiger partial charge in [0.2, 0.25) is 5.91 Å². The number of hydrogen-bond donors (Lipinski definition) is 1. The molecular formula is C25H30N4O2. The number of rotatable bonds is 9. The Kier molecular flexibility index (Phi) is 7.73. The summed E-state index contributed by atoms with van der Waals surface area (Å²) in [4.78, 5) is 34.9. The van der Waals surface area contributed by atoms with Crippen molar-refractivity contribution in [3.63, 3.8) is 0 Å². The summed E-state index contributed by atoms with van der Waals surface area (Å²) in [6.45, 7) is 10.4. The molecule has 0 bridgehead atoms. The minimum Gasteiger partial charge on any atom is -0.351 e. The summed E-state index contributed by atoms with van der Waals surface area (Å²) in [7, 11) is 0. The van der Waals surface area contributed by atoms with Crippen molar-refractivity contribution in [3.05, 3.63) is 91.3 Å². The van der Waals surface area contributed by atoms with Gasteiger partial charge >= 0.3 is 0 Å². The minimum absolute atomic E-state index is 0.147. The van der Waals surface area contributed by atoms with Gasteiger partial charge < -0.3 is 10.2 Å². The second kappa shape index (κ2) is 10.7. The monoisotopic (exact) mass is 418 g/mol. The summed E-state index contributed by atoms with van der Waals surface area (Å²) in [5, 5.41) is 2.93. The minimum atomic E-state index is -0.947. The number of nitrogens with one attached hydrogen (secondary N) is 1. The predicted octanol–water partition coefficient (Wildman–Crippen LogP) is 3.05. The van der Waals surface area contributed by atoms with Crippen LogP contribution in [0.2, 0.25) is 0 Å². The Balaban J connectivity index is 1.85. The summed E-state index contributed by atoms with van der Waals surface area (Å²) in [6, 6.07) is 13.7. The number of amides is 2. The maximum atomic E-state index is 13.4. The molecule has 1 fully saturated rings. The number of nitrogens with zero attached hydrogens (tertiary/aromatic N) is 3. The lowest BCUT2D eigenvalue weighted by molar-refractivity contribution is -0.135. The molecule has 0 unspecified atom stereocenters. The average Bonchev–Trinajstić information content (AvgIpc) is 2.82. The fourth-order valence-corrected chi connectivity index (χ4v) is 4.10. The van der Waals surface area contributed by atoms with Crippen molar-refractivity contribution in [3.8, 4) is 0 Å². The van der Waals surface area contributed by atoms with Gasteiger partial charge in [-0.15, -0.1) is 13.2 Å². The van der Waals surface area contributed by atoms with E-state index in [9.17, 15) is 9.59 Å². The Hall–Kier alpha value is -3.25. The van der Waals surface area contributed by atoms with Crippen molar-refractivity contribution < 1.29 is 9.59 Å². The highest BCUT2D eigenvalue weighted by molar-refractivity contribution is 5.99. The van der Waals surface area contributed by atoms with E-state index in [2.05, 4.69) is 40.5 Å². The molecule has 162 valence electrons. The molecule has 1 aromatic carbocycles. The zero-order valence-corrected chi connectivity index (χ0v) is 17.9. The van der Waals surface area contributed by atoms with Crippen LogP contribution < -0.4 is 5.32 Å². The van der Waals surface area contributed by atoms with Gasteiger partial charge in [0.15, 0.2) is 0 Å². The van der Waals surface area contributed by atoms with Crippen molar-refractivity contribution in [2.24, 2.45) is 0 Å². The highest BCUT2D eigenvalue weighted by Gasteiger charge is 2.47. The third-order valence-electron chi connectivity index (χ3n) is 5.74. The summed E-state index contributed by atoms with van der Waals surface area (Å²) in [5.41, 5.74) is 0.754. The van der Waals surface area contributed by atoms with Gasteiger partial charge in [0.25, 0.3) is 5.91 Å². The predicted molar refractivity (Wildman–Crippen MR) is 122 cm³/mol. The van der Waals surface area contributed by atoms with Crippen LogP contribution in [0.4, 0.5) is 0 Å². The number of carbonyl (C=O) groups excluding carboxylic acids is 2. The lowest BCUT2D eigenvalue weighted by Crippen LogP contribution is -2.64. The van der Waals surface area contributed by atoms with Crippen LogP contribution >= 0.6 is 0 Å². The van der Waals surface area contributed by atoms with Crippen molar-refractivity contribution in [2.75, 3.05) is 26.2 Å². The highest BCUT2D eigenvalue weighted by Crippen LogP contribution is 2.32. The van der Waals surface area contributed by atoms with Crippen LogP contribution in [0.1, 0.15) is 28.8 Å². The maximum absolute atomic E-state index is 13.4. The number of likely N-dealkylation sites (tertiary alicyclic amines) is 1. The lowest BCUT2D eigenvalue weighted by Gasteiger charge is -2.47. The van der Waals surface area contributed by atoms with Gasteiger partial charge in [0.05, 0.1) is 5.56 Å². The Labute approximate surface area is 184 Å². The lowest BCUT2D eigenvalue weighted by atomic mass is 9.83. The second-order valence-corrected chi connectivity index (χ2v) is 7.74. The molecule has 6 heteroatoms. The maximum Gasteiger partial charge on any atom is 0.256 e. The van der Waals surface area contributed by atoms with Gasteiger partial charge in [-0.2, -0.15) is 0 Å². The van der Waals surface area contributed by atoms with Crippen molar-refractivity contribution >= 4 is 11.8 Å². The number of pyridine rings is 1. The molecule has 6 nitrogen and oxygen atoms in total. The van der Waals surface area contributed by atoms with E-state index in [1.165, 1.54) is 11.8 Å². The van der Waals surface area contributed by atoms with Crippen molar-refractivity contribution in [1.82, 2.24) is 20.1 Å². The fourth-order valence-electron chi connectivity index (χ4n) is 4.10. The third kappa shape index (κ3) is 5.27. The van der Waals surface area contributed by atoms with Crippen LogP contribution in [0.5, 0.6) is 0 Å². The SMILES string of the molecule is C=CCNC(=O)C1(N(CC=C)C(=O)c2cccnc2)CCN(Cc2ccccc2)CC1. The molecule has 0 radical (unpaired) electrons. The molecule has 0 atom stereocenters. The standard InChI is InChI=1S/C25H30N4O2/c1-3-14-27-24(31)25(29(16-4-2)23(30)22-11-8-15-26-19-22)12-17-28(18-13-25)20-21-9-6-5-7-10-21/h3-11,15,19H,1-2,12-14,16-18,20H2,(H,27,31). The number of benzene rings is 1. The zero-order valence-electron chi connectivity index (χ0n) is 17.9. The fraction of sp³-hybridized carbons (Fsp3) is 0.320. The Morgan fingerprint density at radius 1 is 1.10 bits per heavy atom. The molecule has 1 aromatic heterocycles. The first-order valence-electron chi connectivity index (χ1n) is 10.6. The summed E-state index contributed by atoms with van der Waals surface area (Å²) in [6.07, 6.45) is 7.58. The number of carbonyl (C=O) groups is 2. The molecule has 0 saturated carbocycles. The van der Waals surface area contributed by atoms with Crippen LogP contribution in [0, 0.1) is 0 Å². The average molecular weight is 419 g/mol. The summed E-state index contributed by atoms with van der Waals surface area (Å²) in [5.74, 6) is -0.357. The van der Waals surface area contributed by atoms with E-state index in [4.69, 9.17) is 0 Å². The first-order valence-corrected chi connectivity index (χ1v) is 10.6. The molecular weight excluding hydrogens is 388 g/mol. The third-order valence-corrected chi connectivity index (χ3v) is 5.74. The topological polar surface area (TPSA) is 65.5 Å². The van der Waals surface area contributed by atoms with Gasteiger partial charge in [-0.25, -0.2) is 0 Å². The van der Waals surface area contributed by atoms with E-state index < -0.39 is 5.54 Å². The van der Waals surface area contributed by atoms with Crippen LogP contribution in [0.3, 0.4) is 0 Å². The van der Waals surface area contributed by atoms with E-state index in [1.54, 1.807) is 35.4 Å². The van der Waals surface area contributed by atoms with E-state index in [0.29, 0.717) is 38.0 Å². The first kappa shape index (κ1) is 22.4. The first-order chi connectivity index (χ1) is 15.1. The van der Waals surface area contributed by atoms with E-state index in [1.807, 2.05) is 18.2 Å². The van der Waals surface area contributed by atoms with Gasteiger partial charge in [0.1, 0.15) is 5.54 Å². The Bertz CT molecular complexity index is 890. The quantitative estimate of drug-likeness (QED) is 0.636. The summed E-state index contributed by atoms with van der Waals surface area (Å²) < 4.78 is 0. The van der Waals surface area contributed by atoms with Gasteiger partial charge in [-0.05, 0) is 30.5 Å². The van der Waals surface area contributed by atoms with E-state index in [0.717, 1.165) is 6.54 Å². The zero-order chi connectivity index (χ0) is 22.1. The molecule has 1 aliphatic rings. The van der Waals surface area contributed by atoms with Gasteiger partial charge in [0, 0.05) is 45.1 Å². The molecule has 1 saturated heterocycles. The molecule has 0 aliphatic carbocycles. The normalized spacial score (nSPS) is 15.6. The van der Waals surface area contributed by atoms with Crippen LogP contribution in [0.15, 0.2) is 80.2 Å². The van der Waals surface area contributed by atoms with E-state index >= 15 is 0 Å². The number of hydrogen-bond acceptors (Lipinski definition) is 4. The largest absolute Gasteiger partial charge is 0.351 e. The molecule has 31 heavy (non-hydrogen) atoms. The Morgan fingerprint density at radius 2 is 1.84 bits per heavy atom. The molecule has 2 aromatic rings. The molecule has 2 amide bonds.